The fourth-order valence-corrected chi connectivity index (χ4v) is 4.96. The van der Waals surface area contributed by atoms with Crippen molar-refractivity contribution in [2.24, 2.45) is 0 Å². The van der Waals surface area contributed by atoms with E-state index in [0.717, 1.165) is 5.56 Å². The first-order valence-corrected chi connectivity index (χ1v) is 12.3. The van der Waals surface area contributed by atoms with Gasteiger partial charge in [-0.15, -0.1) is 0 Å². The number of carbonyl (C=O) groups excluding carboxylic acids is 1. The molecule has 0 fully saturated rings. The Hall–Kier alpha value is -3.56. The maximum Gasteiger partial charge on any atom is 0.243 e. The van der Waals surface area contributed by atoms with E-state index in [9.17, 15) is 13.2 Å². The van der Waals surface area contributed by atoms with Crippen LogP contribution in [0.25, 0.3) is 0 Å². The van der Waals surface area contributed by atoms with E-state index < -0.39 is 15.9 Å². The number of nitrogens with one attached hydrogen (secondary N) is 1. The number of rotatable bonds is 9. The van der Waals surface area contributed by atoms with Crippen molar-refractivity contribution in [3.8, 4) is 17.2 Å². The molecule has 0 saturated heterocycles. The summed E-state index contributed by atoms with van der Waals surface area (Å²) in [5.74, 6) is 1.24. The second-order valence-electron chi connectivity index (χ2n) is 7.66. The van der Waals surface area contributed by atoms with E-state index in [1.165, 1.54) is 23.5 Å². The van der Waals surface area contributed by atoms with Crippen molar-refractivity contribution in [2.45, 2.75) is 11.3 Å². The van der Waals surface area contributed by atoms with Gasteiger partial charge in [0.15, 0.2) is 11.5 Å². The summed E-state index contributed by atoms with van der Waals surface area (Å²) in [5.41, 5.74) is 1.48. The second-order valence-corrected chi connectivity index (χ2v) is 9.59. The molecule has 1 aliphatic heterocycles. The van der Waals surface area contributed by atoms with Gasteiger partial charge in [-0.05, 0) is 48.4 Å². The molecule has 0 bridgehead atoms. The quantitative estimate of drug-likeness (QED) is 0.503. The summed E-state index contributed by atoms with van der Waals surface area (Å²) in [6.45, 7) is 0.707. The zero-order valence-electron chi connectivity index (χ0n) is 18.8. The molecule has 34 heavy (non-hydrogen) atoms. The number of hydrogen-bond donors (Lipinski definition) is 1. The molecule has 178 valence electrons. The minimum atomic E-state index is -3.93. The van der Waals surface area contributed by atoms with Crippen LogP contribution in [0.1, 0.15) is 5.56 Å². The number of fused-ring (bicyclic) bond motifs is 1. The summed E-state index contributed by atoms with van der Waals surface area (Å²) in [7, 11) is -2.41. The van der Waals surface area contributed by atoms with Crippen LogP contribution in [0.2, 0.25) is 0 Å². The molecule has 0 atom stereocenters. The number of ether oxygens (including phenoxy) is 3. The van der Waals surface area contributed by atoms with Gasteiger partial charge in [-0.2, -0.15) is 4.31 Å². The van der Waals surface area contributed by atoms with Crippen molar-refractivity contribution in [1.29, 1.82) is 0 Å². The van der Waals surface area contributed by atoms with E-state index >= 15 is 0 Å². The van der Waals surface area contributed by atoms with Gasteiger partial charge in [0, 0.05) is 18.3 Å². The molecule has 0 saturated carbocycles. The standard InChI is InChI=1S/C25H26N2O6S/c1-31-21-8-10-22(11-9-21)34(29,30)27(14-13-19-5-3-2-4-6-19)18-25(28)26-20-7-12-23-24(17-20)33-16-15-32-23/h2-12,17H,13-16,18H2,1H3,(H,26,28). The lowest BCUT2D eigenvalue weighted by molar-refractivity contribution is -0.116. The molecule has 1 aliphatic rings. The molecular weight excluding hydrogens is 456 g/mol. The molecule has 1 heterocycles. The number of benzene rings is 3. The molecule has 3 aromatic rings. The average molecular weight is 483 g/mol. The molecule has 9 heteroatoms. The van der Waals surface area contributed by atoms with Crippen LogP contribution in [-0.4, -0.2) is 52.0 Å². The average Bonchev–Trinajstić information content (AvgIpc) is 2.87. The van der Waals surface area contributed by atoms with Gasteiger partial charge in [-0.25, -0.2) is 8.42 Å². The highest BCUT2D eigenvalue weighted by Crippen LogP contribution is 2.32. The molecule has 0 radical (unpaired) electrons. The predicted molar refractivity (Wildman–Crippen MR) is 128 cm³/mol. The number of hydrogen-bond acceptors (Lipinski definition) is 6. The summed E-state index contributed by atoms with van der Waals surface area (Å²) >= 11 is 0. The van der Waals surface area contributed by atoms with E-state index in [-0.39, 0.29) is 18.0 Å². The summed E-state index contributed by atoms with van der Waals surface area (Å²) in [4.78, 5) is 13.0. The molecule has 0 spiro atoms. The van der Waals surface area contributed by atoms with Crippen LogP contribution in [0.4, 0.5) is 5.69 Å². The second kappa shape index (κ2) is 10.6. The van der Waals surface area contributed by atoms with E-state index in [0.29, 0.717) is 42.6 Å². The van der Waals surface area contributed by atoms with Crippen LogP contribution in [0.3, 0.4) is 0 Å². The molecular formula is C25H26N2O6S. The third-order valence-electron chi connectivity index (χ3n) is 5.34. The third kappa shape index (κ3) is 5.67. The van der Waals surface area contributed by atoms with Crippen LogP contribution >= 0.6 is 0 Å². The Labute approximate surface area is 199 Å². The molecule has 0 unspecified atom stereocenters. The minimum Gasteiger partial charge on any atom is -0.497 e. The monoisotopic (exact) mass is 482 g/mol. The van der Waals surface area contributed by atoms with Crippen molar-refractivity contribution in [3.63, 3.8) is 0 Å². The molecule has 1 N–H and O–H groups in total. The van der Waals surface area contributed by atoms with E-state index in [1.807, 2.05) is 30.3 Å². The van der Waals surface area contributed by atoms with Crippen molar-refractivity contribution >= 4 is 21.6 Å². The Morgan fingerprint density at radius 3 is 2.38 bits per heavy atom. The van der Waals surface area contributed by atoms with E-state index in [4.69, 9.17) is 14.2 Å². The Balaban J connectivity index is 1.52. The lowest BCUT2D eigenvalue weighted by Gasteiger charge is -2.22. The van der Waals surface area contributed by atoms with Gasteiger partial charge in [0.05, 0.1) is 18.6 Å². The number of anilines is 1. The fourth-order valence-electron chi connectivity index (χ4n) is 3.56. The fraction of sp³-hybridized carbons (Fsp3) is 0.240. The largest absolute Gasteiger partial charge is 0.497 e. The topological polar surface area (TPSA) is 94.2 Å². The first kappa shape index (κ1) is 23.6. The summed E-state index contributed by atoms with van der Waals surface area (Å²) in [6.07, 6.45) is 0.466. The van der Waals surface area contributed by atoms with Crippen LogP contribution in [0, 0.1) is 0 Å². The minimum absolute atomic E-state index is 0.0912. The first-order chi connectivity index (χ1) is 16.5. The van der Waals surface area contributed by atoms with Gasteiger partial charge in [-0.1, -0.05) is 30.3 Å². The van der Waals surface area contributed by atoms with E-state index in [2.05, 4.69) is 5.32 Å². The number of sulfonamides is 1. The van der Waals surface area contributed by atoms with Crippen LogP contribution in [0.15, 0.2) is 77.7 Å². The Bertz CT molecular complexity index is 1230. The van der Waals surface area contributed by atoms with Crippen molar-refractivity contribution in [3.05, 3.63) is 78.4 Å². The van der Waals surface area contributed by atoms with E-state index in [1.54, 1.807) is 30.3 Å². The predicted octanol–water partition coefficient (Wildman–Crippen LogP) is 3.34. The zero-order chi connectivity index (χ0) is 24.0. The van der Waals surface area contributed by atoms with Gasteiger partial charge in [0.25, 0.3) is 0 Å². The van der Waals surface area contributed by atoms with Crippen molar-refractivity contribution in [1.82, 2.24) is 4.31 Å². The van der Waals surface area contributed by atoms with Crippen molar-refractivity contribution < 1.29 is 27.4 Å². The third-order valence-corrected chi connectivity index (χ3v) is 7.20. The van der Waals surface area contributed by atoms with Crippen LogP contribution < -0.4 is 19.5 Å². The number of amides is 1. The Morgan fingerprint density at radius 1 is 0.971 bits per heavy atom. The summed E-state index contributed by atoms with van der Waals surface area (Å²) in [6, 6.07) is 20.7. The van der Waals surface area contributed by atoms with Gasteiger partial charge in [0.1, 0.15) is 19.0 Å². The highest BCUT2D eigenvalue weighted by atomic mass is 32.2. The molecule has 4 rings (SSSR count). The Morgan fingerprint density at radius 2 is 1.68 bits per heavy atom. The number of carbonyl (C=O) groups is 1. The lowest BCUT2D eigenvalue weighted by Crippen LogP contribution is -2.39. The molecule has 0 aromatic heterocycles. The molecule has 3 aromatic carbocycles. The molecule has 1 amide bonds. The highest BCUT2D eigenvalue weighted by Gasteiger charge is 2.27. The molecule has 8 nitrogen and oxygen atoms in total. The highest BCUT2D eigenvalue weighted by molar-refractivity contribution is 7.89. The van der Waals surface area contributed by atoms with Crippen LogP contribution in [-0.2, 0) is 21.2 Å². The normalized spacial score (nSPS) is 12.9. The van der Waals surface area contributed by atoms with Gasteiger partial charge < -0.3 is 19.5 Å². The van der Waals surface area contributed by atoms with Gasteiger partial charge in [0.2, 0.25) is 15.9 Å². The lowest BCUT2D eigenvalue weighted by atomic mass is 10.1. The van der Waals surface area contributed by atoms with Gasteiger partial charge >= 0.3 is 0 Å². The van der Waals surface area contributed by atoms with Gasteiger partial charge in [-0.3, -0.25) is 4.79 Å². The maximum absolute atomic E-state index is 13.4. The number of nitrogens with zero attached hydrogens (tertiary/aromatic N) is 1. The SMILES string of the molecule is COc1ccc(S(=O)(=O)N(CCc2ccccc2)CC(=O)Nc2ccc3c(c2)OCCO3)cc1. The first-order valence-electron chi connectivity index (χ1n) is 10.8. The summed E-state index contributed by atoms with van der Waals surface area (Å²) in [5, 5.41) is 2.76. The van der Waals surface area contributed by atoms with Crippen molar-refractivity contribution in [2.75, 3.05) is 38.7 Å². The zero-order valence-corrected chi connectivity index (χ0v) is 19.6. The molecule has 0 aliphatic carbocycles. The van der Waals surface area contributed by atoms with Crippen LogP contribution in [0.5, 0.6) is 17.2 Å². The smallest absolute Gasteiger partial charge is 0.243 e. The maximum atomic E-state index is 13.4. The Kier molecular flexibility index (Phi) is 7.34. The summed E-state index contributed by atoms with van der Waals surface area (Å²) < 4.78 is 44.2. The number of methoxy groups -OCH3 is 1.